The SMILES string of the molecule is FC(F)(F)c1nc(-c2ccc(C3CCN3)cc2)no1. The minimum absolute atomic E-state index is 0.0551. The van der Waals surface area contributed by atoms with Crippen LogP contribution < -0.4 is 5.32 Å². The highest BCUT2D eigenvalue weighted by Crippen LogP contribution is 2.30. The number of nitrogens with zero attached hydrogens (tertiary/aromatic N) is 2. The molecule has 19 heavy (non-hydrogen) atoms. The molecule has 1 saturated heterocycles. The zero-order chi connectivity index (χ0) is 13.5. The van der Waals surface area contributed by atoms with Gasteiger partial charge in [-0.15, -0.1) is 0 Å². The Bertz CT molecular complexity index is 573. The molecule has 1 unspecified atom stereocenters. The molecular weight excluding hydrogens is 259 g/mol. The first-order valence-corrected chi connectivity index (χ1v) is 5.78. The van der Waals surface area contributed by atoms with Crippen molar-refractivity contribution in [3.8, 4) is 11.4 Å². The van der Waals surface area contributed by atoms with Crippen molar-refractivity contribution in [1.82, 2.24) is 15.5 Å². The number of alkyl halides is 3. The van der Waals surface area contributed by atoms with E-state index in [1.54, 1.807) is 12.1 Å². The van der Waals surface area contributed by atoms with Gasteiger partial charge in [-0.05, 0) is 18.5 Å². The van der Waals surface area contributed by atoms with Crippen molar-refractivity contribution in [3.63, 3.8) is 0 Å². The zero-order valence-electron chi connectivity index (χ0n) is 9.74. The lowest BCUT2D eigenvalue weighted by Crippen LogP contribution is -2.34. The van der Waals surface area contributed by atoms with E-state index in [-0.39, 0.29) is 5.82 Å². The van der Waals surface area contributed by atoms with Crippen LogP contribution in [0.1, 0.15) is 23.9 Å². The summed E-state index contributed by atoms with van der Waals surface area (Å²) in [6.45, 7) is 0.992. The minimum atomic E-state index is -4.61. The fourth-order valence-corrected chi connectivity index (χ4v) is 1.89. The molecule has 4 nitrogen and oxygen atoms in total. The molecule has 1 N–H and O–H groups in total. The second-order valence-electron chi connectivity index (χ2n) is 4.34. The lowest BCUT2D eigenvalue weighted by molar-refractivity contribution is -0.159. The van der Waals surface area contributed by atoms with E-state index in [2.05, 4.69) is 20.0 Å². The van der Waals surface area contributed by atoms with E-state index in [9.17, 15) is 13.2 Å². The van der Waals surface area contributed by atoms with E-state index in [1.165, 1.54) is 0 Å². The molecule has 0 amide bonds. The summed E-state index contributed by atoms with van der Waals surface area (Å²) in [5.41, 5.74) is 1.61. The van der Waals surface area contributed by atoms with Gasteiger partial charge in [0, 0.05) is 11.6 Å². The molecule has 1 aliphatic rings. The van der Waals surface area contributed by atoms with Gasteiger partial charge in [0.1, 0.15) is 0 Å². The maximum Gasteiger partial charge on any atom is 0.471 e. The van der Waals surface area contributed by atoms with Gasteiger partial charge in [-0.25, -0.2) is 0 Å². The molecule has 2 aromatic rings. The predicted octanol–water partition coefficient (Wildman–Crippen LogP) is 2.79. The van der Waals surface area contributed by atoms with Gasteiger partial charge in [0.05, 0.1) is 0 Å². The number of hydrogen-bond acceptors (Lipinski definition) is 4. The Balaban J connectivity index is 1.83. The van der Waals surface area contributed by atoms with E-state index in [4.69, 9.17) is 0 Å². The van der Waals surface area contributed by atoms with Crippen molar-refractivity contribution in [2.75, 3.05) is 6.54 Å². The smallest absolute Gasteiger partial charge is 0.329 e. The molecule has 0 saturated carbocycles. The molecule has 1 aliphatic heterocycles. The third kappa shape index (κ3) is 2.33. The van der Waals surface area contributed by atoms with Crippen LogP contribution in [0.2, 0.25) is 0 Å². The second kappa shape index (κ2) is 4.34. The first kappa shape index (κ1) is 12.2. The lowest BCUT2D eigenvalue weighted by atomic mass is 9.97. The Morgan fingerprint density at radius 1 is 1.21 bits per heavy atom. The summed E-state index contributed by atoms with van der Waals surface area (Å²) in [5, 5.41) is 6.59. The van der Waals surface area contributed by atoms with Gasteiger partial charge in [0.15, 0.2) is 0 Å². The number of rotatable bonds is 2. The van der Waals surface area contributed by atoms with Crippen LogP contribution in [0.15, 0.2) is 28.8 Å². The van der Waals surface area contributed by atoms with Crippen LogP contribution in [0.4, 0.5) is 13.2 Å². The topological polar surface area (TPSA) is 51.0 Å². The molecule has 7 heteroatoms. The van der Waals surface area contributed by atoms with Crippen LogP contribution >= 0.6 is 0 Å². The average Bonchev–Trinajstić information content (AvgIpc) is 2.76. The summed E-state index contributed by atoms with van der Waals surface area (Å²) in [6.07, 6.45) is -3.54. The van der Waals surface area contributed by atoms with Gasteiger partial charge < -0.3 is 9.84 Å². The first-order valence-electron chi connectivity index (χ1n) is 5.78. The zero-order valence-corrected chi connectivity index (χ0v) is 9.74. The van der Waals surface area contributed by atoms with Crippen LogP contribution in [0.25, 0.3) is 11.4 Å². The van der Waals surface area contributed by atoms with E-state index in [0.717, 1.165) is 18.5 Å². The molecule has 1 aromatic carbocycles. The Morgan fingerprint density at radius 3 is 2.37 bits per heavy atom. The highest BCUT2D eigenvalue weighted by Gasteiger charge is 2.38. The summed E-state index contributed by atoms with van der Waals surface area (Å²) in [5.74, 6) is -1.38. The van der Waals surface area contributed by atoms with Crippen LogP contribution in [0, 0.1) is 0 Å². The highest BCUT2D eigenvalue weighted by molar-refractivity contribution is 5.55. The molecule has 0 spiro atoms. The van der Waals surface area contributed by atoms with Gasteiger partial charge in [0.2, 0.25) is 5.82 Å². The summed E-state index contributed by atoms with van der Waals surface area (Å²) < 4.78 is 41.2. The predicted molar refractivity (Wildman–Crippen MR) is 60.1 cm³/mol. The van der Waals surface area contributed by atoms with Crippen LogP contribution in [-0.2, 0) is 6.18 Å². The van der Waals surface area contributed by atoms with Crippen molar-refractivity contribution in [2.24, 2.45) is 0 Å². The van der Waals surface area contributed by atoms with E-state index >= 15 is 0 Å². The Morgan fingerprint density at radius 2 is 1.89 bits per heavy atom. The minimum Gasteiger partial charge on any atom is -0.329 e. The van der Waals surface area contributed by atoms with Crippen molar-refractivity contribution in [1.29, 1.82) is 0 Å². The summed E-state index contributed by atoms with van der Waals surface area (Å²) in [7, 11) is 0. The van der Waals surface area contributed by atoms with Crippen molar-refractivity contribution in [3.05, 3.63) is 35.7 Å². The van der Waals surface area contributed by atoms with Gasteiger partial charge in [-0.1, -0.05) is 29.4 Å². The van der Waals surface area contributed by atoms with Gasteiger partial charge in [-0.2, -0.15) is 18.2 Å². The maximum atomic E-state index is 12.3. The number of aromatic nitrogens is 2. The van der Waals surface area contributed by atoms with Crippen LogP contribution in [-0.4, -0.2) is 16.7 Å². The van der Waals surface area contributed by atoms with E-state index in [1.807, 2.05) is 12.1 Å². The van der Waals surface area contributed by atoms with E-state index < -0.39 is 12.1 Å². The average molecular weight is 269 g/mol. The van der Waals surface area contributed by atoms with Crippen molar-refractivity contribution < 1.29 is 17.7 Å². The lowest BCUT2D eigenvalue weighted by Gasteiger charge is -2.27. The fourth-order valence-electron chi connectivity index (χ4n) is 1.89. The molecule has 1 atom stereocenters. The Kier molecular flexibility index (Phi) is 2.78. The van der Waals surface area contributed by atoms with Crippen molar-refractivity contribution in [2.45, 2.75) is 18.6 Å². The largest absolute Gasteiger partial charge is 0.471 e. The third-order valence-corrected chi connectivity index (χ3v) is 3.06. The summed E-state index contributed by atoms with van der Waals surface area (Å²) >= 11 is 0. The van der Waals surface area contributed by atoms with Gasteiger partial charge in [0.25, 0.3) is 0 Å². The molecule has 0 bridgehead atoms. The first-order chi connectivity index (χ1) is 9.04. The summed E-state index contributed by atoms with van der Waals surface area (Å²) in [4.78, 5) is 3.34. The number of halogens is 3. The molecule has 3 rings (SSSR count). The van der Waals surface area contributed by atoms with E-state index in [0.29, 0.717) is 11.6 Å². The molecule has 0 radical (unpaired) electrons. The number of benzene rings is 1. The molecule has 2 heterocycles. The highest BCUT2D eigenvalue weighted by atomic mass is 19.4. The quantitative estimate of drug-likeness (QED) is 0.910. The number of hydrogen-bond donors (Lipinski definition) is 1. The molecular formula is C12H10F3N3O. The third-order valence-electron chi connectivity index (χ3n) is 3.06. The monoisotopic (exact) mass is 269 g/mol. The summed E-state index contributed by atoms with van der Waals surface area (Å²) in [6, 6.07) is 7.44. The standard InChI is InChI=1S/C12H10F3N3O/c13-12(14,15)11-17-10(18-19-11)8-3-1-7(2-4-8)9-5-6-16-9/h1-4,9,16H,5-6H2. The molecule has 0 aliphatic carbocycles. The fraction of sp³-hybridized carbons (Fsp3) is 0.333. The van der Waals surface area contributed by atoms with Gasteiger partial charge in [-0.3, -0.25) is 0 Å². The molecule has 1 aromatic heterocycles. The molecule has 100 valence electrons. The van der Waals surface area contributed by atoms with Gasteiger partial charge >= 0.3 is 12.1 Å². The second-order valence-corrected chi connectivity index (χ2v) is 4.34. The molecule has 1 fully saturated rings. The number of nitrogens with one attached hydrogen (secondary N) is 1. The van der Waals surface area contributed by atoms with Crippen molar-refractivity contribution >= 4 is 0 Å². The van der Waals surface area contributed by atoms with Crippen LogP contribution in [0.3, 0.4) is 0 Å². The Labute approximate surface area is 106 Å². The Hall–Kier alpha value is -1.89. The normalized spacial score (nSPS) is 19.2. The maximum absolute atomic E-state index is 12.3. The van der Waals surface area contributed by atoms with Crippen LogP contribution in [0.5, 0.6) is 0 Å².